The first-order chi connectivity index (χ1) is 14.4. The molecule has 0 aliphatic carbocycles. The number of non-ortho nitro benzene ring substituents is 1. The maximum absolute atomic E-state index is 12.4. The largest absolute Gasteiger partial charge is 0.422 e. The Kier molecular flexibility index (Phi) is 6.51. The summed E-state index contributed by atoms with van der Waals surface area (Å²) >= 11 is 6.00. The summed E-state index contributed by atoms with van der Waals surface area (Å²) in [6.07, 6.45) is 1.30. The highest BCUT2D eigenvalue weighted by Gasteiger charge is 2.14. The molecule has 0 bridgehead atoms. The molecule has 9 heteroatoms. The van der Waals surface area contributed by atoms with Crippen LogP contribution in [0.2, 0.25) is 5.02 Å². The van der Waals surface area contributed by atoms with Crippen molar-refractivity contribution in [2.45, 2.75) is 0 Å². The summed E-state index contributed by atoms with van der Waals surface area (Å²) in [5.74, 6) is -0.964. The topological polar surface area (TPSA) is 111 Å². The Balaban J connectivity index is 1.73. The molecule has 0 aromatic heterocycles. The number of carbonyl (C=O) groups excluding carboxylic acids is 2. The lowest BCUT2D eigenvalue weighted by molar-refractivity contribution is -0.384. The minimum Gasteiger partial charge on any atom is -0.422 e. The quantitative estimate of drug-likeness (QED) is 0.210. The Bertz CT molecular complexity index is 1120. The Labute approximate surface area is 175 Å². The molecule has 0 heterocycles. The van der Waals surface area contributed by atoms with E-state index >= 15 is 0 Å². The van der Waals surface area contributed by atoms with Crippen LogP contribution < -0.4 is 10.2 Å². The number of nitro benzene ring substituents is 1. The van der Waals surface area contributed by atoms with Crippen molar-refractivity contribution in [2.75, 3.05) is 0 Å². The summed E-state index contributed by atoms with van der Waals surface area (Å²) < 4.78 is 5.36. The number of hydrogen-bond acceptors (Lipinski definition) is 6. The SMILES string of the molecule is O=C(N/N=C/c1cc(Cl)ccc1OC(=O)c1ccc([N+](=O)[O-])cc1)c1ccccc1. The molecule has 0 atom stereocenters. The van der Waals surface area contributed by atoms with E-state index in [1.165, 1.54) is 48.7 Å². The van der Waals surface area contributed by atoms with E-state index in [0.29, 0.717) is 16.1 Å². The van der Waals surface area contributed by atoms with E-state index in [-0.39, 0.29) is 17.0 Å². The minimum atomic E-state index is -0.713. The summed E-state index contributed by atoms with van der Waals surface area (Å²) in [5.41, 5.74) is 3.16. The molecule has 0 aliphatic rings. The number of hydrazone groups is 1. The lowest BCUT2D eigenvalue weighted by Gasteiger charge is -2.08. The average molecular weight is 424 g/mol. The number of benzene rings is 3. The fraction of sp³-hybridized carbons (Fsp3) is 0. The molecule has 3 aromatic rings. The standard InChI is InChI=1S/C21H14ClN3O5/c22-17-8-11-19(30-21(27)15-6-9-18(10-7-15)25(28)29)16(12-17)13-23-24-20(26)14-4-2-1-3-5-14/h1-13H,(H,24,26)/b23-13+. The van der Waals surface area contributed by atoms with Gasteiger partial charge in [0.15, 0.2) is 0 Å². The third-order valence-corrected chi connectivity index (χ3v) is 4.13. The smallest absolute Gasteiger partial charge is 0.343 e. The number of nitro groups is 1. The van der Waals surface area contributed by atoms with Crippen LogP contribution in [0.4, 0.5) is 5.69 Å². The van der Waals surface area contributed by atoms with E-state index in [1.807, 2.05) is 0 Å². The van der Waals surface area contributed by atoms with E-state index in [9.17, 15) is 19.7 Å². The van der Waals surface area contributed by atoms with Gasteiger partial charge in [0.2, 0.25) is 0 Å². The number of amides is 1. The maximum atomic E-state index is 12.4. The maximum Gasteiger partial charge on any atom is 0.343 e. The Morgan fingerprint density at radius 2 is 1.70 bits per heavy atom. The van der Waals surface area contributed by atoms with E-state index in [0.717, 1.165) is 0 Å². The van der Waals surface area contributed by atoms with Crippen LogP contribution in [-0.4, -0.2) is 23.0 Å². The van der Waals surface area contributed by atoms with Gasteiger partial charge in [-0.3, -0.25) is 14.9 Å². The van der Waals surface area contributed by atoms with Gasteiger partial charge >= 0.3 is 5.97 Å². The first-order valence-electron chi connectivity index (χ1n) is 8.58. The first kappa shape index (κ1) is 20.7. The van der Waals surface area contributed by atoms with Crippen LogP contribution in [0.25, 0.3) is 0 Å². The predicted molar refractivity (Wildman–Crippen MR) is 111 cm³/mol. The molecule has 3 rings (SSSR count). The minimum absolute atomic E-state index is 0.135. The highest BCUT2D eigenvalue weighted by atomic mass is 35.5. The summed E-state index contributed by atoms with van der Waals surface area (Å²) in [6, 6.07) is 18.1. The van der Waals surface area contributed by atoms with E-state index < -0.39 is 16.8 Å². The van der Waals surface area contributed by atoms with Crippen LogP contribution in [0.5, 0.6) is 5.75 Å². The van der Waals surface area contributed by atoms with Crippen LogP contribution in [0.3, 0.4) is 0 Å². The van der Waals surface area contributed by atoms with Gasteiger partial charge in [0.1, 0.15) is 5.75 Å². The second-order valence-electron chi connectivity index (χ2n) is 5.94. The molecule has 0 aliphatic heterocycles. The third-order valence-electron chi connectivity index (χ3n) is 3.89. The zero-order valence-corrected chi connectivity index (χ0v) is 16.1. The summed E-state index contributed by atoms with van der Waals surface area (Å²) in [6.45, 7) is 0. The van der Waals surface area contributed by atoms with E-state index in [1.54, 1.807) is 30.3 Å². The molecule has 3 aromatic carbocycles. The van der Waals surface area contributed by atoms with Gasteiger partial charge in [-0.2, -0.15) is 5.10 Å². The molecule has 0 radical (unpaired) electrons. The van der Waals surface area contributed by atoms with Gasteiger partial charge in [0.25, 0.3) is 11.6 Å². The average Bonchev–Trinajstić information content (AvgIpc) is 2.76. The van der Waals surface area contributed by atoms with Gasteiger partial charge in [0.05, 0.1) is 16.7 Å². The molecule has 0 spiro atoms. The van der Waals surface area contributed by atoms with Gasteiger partial charge in [-0.1, -0.05) is 29.8 Å². The van der Waals surface area contributed by atoms with Crippen molar-refractivity contribution in [3.8, 4) is 5.75 Å². The molecule has 0 unspecified atom stereocenters. The zero-order chi connectivity index (χ0) is 21.5. The number of halogens is 1. The van der Waals surface area contributed by atoms with Gasteiger partial charge < -0.3 is 4.74 Å². The van der Waals surface area contributed by atoms with Crippen molar-refractivity contribution in [3.05, 3.63) is 105 Å². The lowest BCUT2D eigenvalue weighted by atomic mass is 10.2. The fourth-order valence-corrected chi connectivity index (χ4v) is 2.59. The normalized spacial score (nSPS) is 10.6. The molecular weight excluding hydrogens is 410 g/mol. The third kappa shape index (κ3) is 5.27. The highest BCUT2D eigenvalue weighted by Crippen LogP contribution is 2.23. The zero-order valence-electron chi connectivity index (χ0n) is 15.3. The first-order valence-corrected chi connectivity index (χ1v) is 8.96. The van der Waals surface area contributed by atoms with Crippen molar-refractivity contribution in [3.63, 3.8) is 0 Å². The monoisotopic (exact) mass is 423 g/mol. The van der Waals surface area contributed by atoms with Gasteiger partial charge in [0, 0.05) is 28.3 Å². The Morgan fingerprint density at radius 1 is 1.00 bits per heavy atom. The number of ether oxygens (including phenoxy) is 1. The van der Waals surface area contributed by atoms with Crippen molar-refractivity contribution in [2.24, 2.45) is 5.10 Å². The van der Waals surface area contributed by atoms with Crippen LogP contribution in [0, 0.1) is 10.1 Å². The number of esters is 1. The van der Waals surface area contributed by atoms with Crippen molar-refractivity contribution in [1.29, 1.82) is 0 Å². The molecule has 0 fully saturated rings. The fourth-order valence-electron chi connectivity index (χ4n) is 2.41. The molecule has 1 amide bonds. The van der Waals surface area contributed by atoms with Gasteiger partial charge in [-0.15, -0.1) is 0 Å². The molecule has 30 heavy (non-hydrogen) atoms. The van der Waals surface area contributed by atoms with Crippen LogP contribution >= 0.6 is 11.6 Å². The predicted octanol–water partition coefficient (Wildman–Crippen LogP) is 4.23. The number of hydrogen-bond donors (Lipinski definition) is 1. The van der Waals surface area contributed by atoms with Crippen LogP contribution in [0.1, 0.15) is 26.3 Å². The van der Waals surface area contributed by atoms with Crippen molar-refractivity contribution in [1.82, 2.24) is 5.43 Å². The summed E-state index contributed by atoms with van der Waals surface area (Å²) in [4.78, 5) is 34.6. The second-order valence-corrected chi connectivity index (χ2v) is 6.38. The van der Waals surface area contributed by atoms with Gasteiger partial charge in [-0.25, -0.2) is 10.2 Å². The Hall–Kier alpha value is -4.04. The molecule has 8 nitrogen and oxygen atoms in total. The number of carbonyl (C=O) groups is 2. The number of nitrogens with one attached hydrogen (secondary N) is 1. The molecule has 150 valence electrons. The van der Waals surface area contributed by atoms with E-state index in [2.05, 4.69) is 10.5 Å². The number of rotatable bonds is 6. The Morgan fingerprint density at radius 3 is 2.37 bits per heavy atom. The van der Waals surface area contributed by atoms with Crippen molar-refractivity contribution < 1.29 is 19.2 Å². The molecule has 0 saturated heterocycles. The molecule has 1 N–H and O–H groups in total. The number of nitrogens with zero attached hydrogens (tertiary/aromatic N) is 2. The summed E-state index contributed by atoms with van der Waals surface area (Å²) in [5, 5.41) is 15.0. The highest BCUT2D eigenvalue weighted by molar-refractivity contribution is 6.31. The molecular formula is C21H14ClN3O5. The summed E-state index contributed by atoms with van der Waals surface area (Å²) in [7, 11) is 0. The van der Waals surface area contributed by atoms with Gasteiger partial charge in [-0.05, 0) is 42.5 Å². The van der Waals surface area contributed by atoms with Crippen LogP contribution in [0.15, 0.2) is 77.9 Å². The molecule has 0 saturated carbocycles. The van der Waals surface area contributed by atoms with Crippen molar-refractivity contribution >= 4 is 35.4 Å². The lowest BCUT2D eigenvalue weighted by Crippen LogP contribution is -2.17. The van der Waals surface area contributed by atoms with Crippen LogP contribution in [-0.2, 0) is 0 Å². The second kappa shape index (κ2) is 9.44. The van der Waals surface area contributed by atoms with E-state index in [4.69, 9.17) is 16.3 Å².